The SMILES string of the molecule is Cl.NCCCCCCC(=O)NC1CCOc2c(Cl)cccc21. The van der Waals surface area contributed by atoms with Crippen LogP contribution in [0.2, 0.25) is 5.02 Å². The second kappa shape index (κ2) is 9.93. The van der Waals surface area contributed by atoms with E-state index in [1.54, 1.807) is 0 Å². The summed E-state index contributed by atoms with van der Waals surface area (Å²) in [4.78, 5) is 12.0. The number of carbonyl (C=O) groups is 1. The highest BCUT2D eigenvalue weighted by atomic mass is 35.5. The van der Waals surface area contributed by atoms with E-state index >= 15 is 0 Å². The molecule has 4 nitrogen and oxygen atoms in total. The average Bonchev–Trinajstić information content (AvgIpc) is 2.48. The summed E-state index contributed by atoms with van der Waals surface area (Å²) in [6.07, 6.45) is 5.45. The molecule has 0 bridgehead atoms. The summed E-state index contributed by atoms with van der Waals surface area (Å²) in [7, 11) is 0. The topological polar surface area (TPSA) is 64.4 Å². The highest BCUT2D eigenvalue weighted by Gasteiger charge is 2.24. The quantitative estimate of drug-likeness (QED) is 0.741. The zero-order valence-corrected chi connectivity index (χ0v) is 14.2. The van der Waals surface area contributed by atoms with Gasteiger partial charge in [-0.3, -0.25) is 4.79 Å². The molecule has 6 heteroatoms. The first-order valence-corrected chi connectivity index (χ1v) is 8.01. The highest BCUT2D eigenvalue weighted by Crippen LogP contribution is 2.37. The maximum absolute atomic E-state index is 12.0. The van der Waals surface area contributed by atoms with Crippen molar-refractivity contribution in [1.29, 1.82) is 0 Å². The van der Waals surface area contributed by atoms with Gasteiger partial charge in [-0.1, -0.05) is 36.6 Å². The Morgan fingerprint density at radius 3 is 2.86 bits per heavy atom. The largest absolute Gasteiger partial charge is 0.492 e. The van der Waals surface area contributed by atoms with E-state index in [-0.39, 0.29) is 24.4 Å². The third-order valence-corrected chi connectivity index (χ3v) is 4.02. The van der Waals surface area contributed by atoms with Crippen molar-refractivity contribution in [3.63, 3.8) is 0 Å². The first-order chi connectivity index (χ1) is 10.2. The molecule has 124 valence electrons. The van der Waals surface area contributed by atoms with Gasteiger partial charge in [-0.25, -0.2) is 0 Å². The van der Waals surface area contributed by atoms with E-state index in [1.807, 2.05) is 18.2 Å². The summed E-state index contributed by atoms with van der Waals surface area (Å²) < 4.78 is 5.60. The summed E-state index contributed by atoms with van der Waals surface area (Å²) in [6, 6.07) is 5.67. The third-order valence-electron chi connectivity index (χ3n) is 3.72. The number of unbranched alkanes of at least 4 members (excludes halogenated alkanes) is 3. The molecule has 0 fully saturated rings. The molecule has 0 aromatic heterocycles. The van der Waals surface area contributed by atoms with Gasteiger partial charge in [-0.15, -0.1) is 12.4 Å². The lowest BCUT2D eigenvalue weighted by Gasteiger charge is -2.27. The zero-order chi connectivity index (χ0) is 15.1. The number of hydrogen-bond acceptors (Lipinski definition) is 3. The summed E-state index contributed by atoms with van der Waals surface area (Å²) in [5, 5.41) is 3.70. The van der Waals surface area contributed by atoms with Crippen LogP contribution in [0.1, 0.15) is 50.1 Å². The minimum atomic E-state index is 0. The zero-order valence-electron chi connectivity index (χ0n) is 12.6. The van der Waals surface area contributed by atoms with Crippen LogP contribution in [0.15, 0.2) is 18.2 Å². The number of amides is 1. The van der Waals surface area contributed by atoms with Crippen molar-refractivity contribution < 1.29 is 9.53 Å². The van der Waals surface area contributed by atoms with Crippen LogP contribution in [-0.4, -0.2) is 19.1 Å². The van der Waals surface area contributed by atoms with E-state index in [2.05, 4.69) is 5.32 Å². The van der Waals surface area contributed by atoms with Crippen molar-refractivity contribution in [1.82, 2.24) is 5.32 Å². The minimum Gasteiger partial charge on any atom is -0.492 e. The fraction of sp³-hybridized carbons (Fsp3) is 0.562. The van der Waals surface area contributed by atoms with Crippen LogP contribution in [0.25, 0.3) is 0 Å². The lowest BCUT2D eigenvalue weighted by molar-refractivity contribution is -0.122. The van der Waals surface area contributed by atoms with Crippen molar-refractivity contribution in [2.24, 2.45) is 5.73 Å². The Labute approximate surface area is 143 Å². The van der Waals surface area contributed by atoms with E-state index < -0.39 is 0 Å². The number of nitrogens with two attached hydrogens (primary N) is 1. The molecule has 0 saturated carbocycles. The number of hydrogen-bond donors (Lipinski definition) is 2. The Bertz CT molecular complexity index is 483. The third kappa shape index (κ3) is 5.34. The molecule has 1 amide bonds. The molecule has 0 aliphatic carbocycles. The van der Waals surface area contributed by atoms with Gasteiger partial charge in [0.15, 0.2) is 0 Å². The van der Waals surface area contributed by atoms with Crippen LogP contribution >= 0.6 is 24.0 Å². The molecule has 1 heterocycles. The van der Waals surface area contributed by atoms with E-state index in [9.17, 15) is 4.79 Å². The number of benzene rings is 1. The fourth-order valence-corrected chi connectivity index (χ4v) is 2.82. The molecule has 2 rings (SSSR count). The summed E-state index contributed by atoms with van der Waals surface area (Å²) in [6.45, 7) is 1.31. The number of ether oxygens (including phenoxy) is 1. The second-order valence-corrected chi connectivity index (χ2v) is 5.78. The van der Waals surface area contributed by atoms with Crippen LogP contribution < -0.4 is 15.8 Å². The van der Waals surface area contributed by atoms with Gasteiger partial charge in [0.1, 0.15) is 5.75 Å². The van der Waals surface area contributed by atoms with Gasteiger partial charge >= 0.3 is 0 Å². The molecule has 1 aliphatic heterocycles. The molecular weight excluding hydrogens is 323 g/mol. The van der Waals surface area contributed by atoms with Gasteiger partial charge in [0.25, 0.3) is 0 Å². The summed E-state index contributed by atoms with van der Waals surface area (Å²) in [5.41, 5.74) is 6.43. The molecule has 0 radical (unpaired) electrons. The van der Waals surface area contributed by atoms with Crippen molar-refractivity contribution >= 4 is 29.9 Å². The van der Waals surface area contributed by atoms with Crippen molar-refractivity contribution in [3.05, 3.63) is 28.8 Å². The van der Waals surface area contributed by atoms with Crippen molar-refractivity contribution in [3.8, 4) is 5.75 Å². The van der Waals surface area contributed by atoms with Crippen LogP contribution in [-0.2, 0) is 4.79 Å². The molecule has 1 aromatic carbocycles. The standard InChI is InChI=1S/C16H23ClN2O2.ClH/c17-13-7-5-6-12-14(9-11-21-16(12)13)19-15(20)8-3-1-2-4-10-18;/h5-7,14H,1-4,8-11,18H2,(H,19,20);1H. The second-order valence-electron chi connectivity index (χ2n) is 5.37. The lowest BCUT2D eigenvalue weighted by atomic mass is 10.00. The van der Waals surface area contributed by atoms with Crippen LogP contribution in [0.3, 0.4) is 0 Å². The Kier molecular flexibility index (Phi) is 8.61. The molecule has 3 N–H and O–H groups in total. The van der Waals surface area contributed by atoms with Crippen molar-refractivity contribution in [2.75, 3.05) is 13.2 Å². The van der Waals surface area contributed by atoms with E-state index in [0.29, 0.717) is 23.8 Å². The normalized spacial score (nSPS) is 16.2. The molecule has 0 saturated heterocycles. The van der Waals surface area contributed by atoms with Gasteiger partial charge in [-0.05, 0) is 25.5 Å². The highest BCUT2D eigenvalue weighted by molar-refractivity contribution is 6.32. The molecule has 1 atom stereocenters. The Hall–Kier alpha value is -0.970. The van der Waals surface area contributed by atoms with Crippen LogP contribution in [0.5, 0.6) is 5.75 Å². The number of fused-ring (bicyclic) bond motifs is 1. The number of rotatable bonds is 7. The predicted octanol–water partition coefficient (Wildman–Crippen LogP) is 3.61. The molecule has 22 heavy (non-hydrogen) atoms. The maximum atomic E-state index is 12.0. The van der Waals surface area contributed by atoms with Gasteiger partial charge in [0.2, 0.25) is 5.91 Å². The van der Waals surface area contributed by atoms with Gasteiger partial charge in [-0.2, -0.15) is 0 Å². The Morgan fingerprint density at radius 2 is 2.09 bits per heavy atom. The van der Waals surface area contributed by atoms with E-state index in [0.717, 1.165) is 44.2 Å². The molecular formula is C16H24Cl2N2O2. The van der Waals surface area contributed by atoms with Crippen LogP contribution in [0, 0.1) is 0 Å². The first-order valence-electron chi connectivity index (χ1n) is 7.63. The van der Waals surface area contributed by atoms with E-state index in [1.165, 1.54) is 0 Å². The number of para-hydroxylation sites is 1. The number of halogens is 2. The monoisotopic (exact) mass is 346 g/mol. The van der Waals surface area contributed by atoms with Gasteiger partial charge < -0.3 is 15.8 Å². The maximum Gasteiger partial charge on any atom is 0.220 e. The number of nitrogens with one attached hydrogen (secondary N) is 1. The summed E-state index contributed by atoms with van der Waals surface area (Å²) in [5.74, 6) is 0.805. The lowest BCUT2D eigenvalue weighted by Crippen LogP contribution is -2.32. The number of carbonyl (C=O) groups excluding carboxylic acids is 1. The molecule has 1 aliphatic rings. The summed E-state index contributed by atoms with van der Waals surface area (Å²) >= 11 is 6.13. The average molecular weight is 347 g/mol. The predicted molar refractivity (Wildman–Crippen MR) is 91.8 cm³/mol. The van der Waals surface area contributed by atoms with Gasteiger partial charge in [0, 0.05) is 18.4 Å². The van der Waals surface area contributed by atoms with Crippen molar-refractivity contribution in [2.45, 2.75) is 44.6 Å². The fourth-order valence-electron chi connectivity index (χ4n) is 2.59. The van der Waals surface area contributed by atoms with E-state index in [4.69, 9.17) is 22.1 Å². The Balaban J connectivity index is 0.00000242. The Morgan fingerprint density at radius 1 is 1.32 bits per heavy atom. The molecule has 1 aromatic rings. The molecule has 0 spiro atoms. The minimum absolute atomic E-state index is 0. The first kappa shape index (κ1) is 19.1. The van der Waals surface area contributed by atoms with Crippen LogP contribution in [0.4, 0.5) is 0 Å². The molecule has 1 unspecified atom stereocenters. The van der Waals surface area contributed by atoms with Gasteiger partial charge in [0.05, 0.1) is 17.7 Å². The smallest absolute Gasteiger partial charge is 0.220 e.